The molecule has 4 atom stereocenters. The van der Waals surface area contributed by atoms with E-state index in [1.54, 1.807) is 12.3 Å². The zero-order valence-corrected chi connectivity index (χ0v) is 23.5. The van der Waals surface area contributed by atoms with Crippen molar-refractivity contribution in [3.05, 3.63) is 41.3 Å². The molecule has 2 aromatic carbocycles. The molecule has 4 aliphatic rings. The molecule has 2 unspecified atom stereocenters. The number of hydrogen-bond donors (Lipinski definition) is 2. The Morgan fingerprint density at radius 1 is 1.14 bits per heavy atom. The summed E-state index contributed by atoms with van der Waals surface area (Å²) in [5.74, 6) is -0.0121. The first-order chi connectivity index (χ1) is 20.4. The van der Waals surface area contributed by atoms with Crippen LogP contribution >= 0.6 is 0 Å². The number of fused-ring (bicyclic) bond motifs is 5. The minimum Gasteiger partial charge on any atom is -0.461 e. The molecule has 6 heterocycles. The van der Waals surface area contributed by atoms with Crippen LogP contribution in [0.2, 0.25) is 0 Å². The number of anilines is 1. The van der Waals surface area contributed by atoms with E-state index in [4.69, 9.17) is 9.72 Å². The minimum absolute atomic E-state index is 0.0831. The molecule has 2 aromatic heterocycles. The first-order valence-corrected chi connectivity index (χ1v) is 14.8. The molecule has 0 aliphatic carbocycles. The number of aryl methyl sites for hydroxylation is 1. The number of alkyl halides is 1. The predicted molar refractivity (Wildman–Crippen MR) is 155 cm³/mol. The van der Waals surface area contributed by atoms with Crippen LogP contribution in [0.15, 0.2) is 24.4 Å². The Morgan fingerprint density at radius 2 is 1.98 bits per heavy atom. The average molecular weight is 571 g/mol. The number of ether oxygens (including phenoxy) is 1. The van der Waals surface area contributed by atoms with Gasteiger partial charge in [-0.2, -0.15) is 20.3 Å². The van der Waals surface area contributed by atoms with Crippen LogP contribution in [-0.4, -0.2) is 81.6 Å². The van der Waals surface area contributed by atoms with Crippen LogP contribution in [-0.2, 0) is 0 Å². The van der Waals surface area contributed by atoms with Gasteiger partial charge in [-0.1, -0.05) is 6.07 Å². The van der Waals surface area contributed by atoms with Crippen molar-refractivity contribution in [1.29, 1.82) is 5.26 Å². The van der Waals surface area contributed by atoms with Crippen LogP contribution < -0.4 is 15.0 Å². The molecule has 0 saturated carbocycles. The largest absolute Gasteiger partial charge is 0.461 e. The van der Waals surface area contributed by atoms with Gasteiger partial charge < -0.3 is 15.0 Å². The molecule has 2 N–H and O–H groups in total. The summed E-state index contributed by atoms with van der Waals surface area (Å²) in [6.45, 7) is 4.87. The number of nitriles is 1. The molecule has 0 spiro atoms. The first kappa shape index (κ1) is 25.8. The van der Waals surface area contributed by atoms with Gasteiger partial charge in [0, 0.05) is 54.5 Å². The Kier molecular flexibility index (Phi) is 5.88. The number of H-pyrrole nitrogens is 1. The highest BCUT2D eigenvalue weighted by atomic mass is 19.1. The smallest absolute Gasteiger partial charge is 0.319 e. The molecule has 4 aromatic rings. The summed E-state index contributed by atoms with van der Waals surface area (Å²) in [5, 5.41) is 22.2. The Hall–Kier alpha value is -3.88. The maximum Gasteiger partial charge on any atom is 0.319 e. The topological polar surface area (TPSA) is 106 Å². The van der Waals surface area contributed by atoms with Crippen LogP contribution in [0.4, 0.5) is 14.6 Å². The summed E-state index contributed by atoms with van der Waals surface area (Å²) < 4.78 is 37.6. The number of aromatic amines is 1. The highest BCUT2D eigenvalue weighted by Crippen LogP contribution is 2.42. The summed E-state index contributed by atoms with van der Waals surface area (Å²) in [5.41, 5.74) is 2.34. The van der Waals surface area contributed by atoms with Gasteiger partial charge in [-0.05, 0) is 62.4 Å². The van der Waals surface area contributed by atoms with Gasteiger partial charge in [0.2, 0.25) is 0 Å². The van der Waals surface area contributed by atoms with E-state index in [1.165, 1.54) is 0 Å². The van der Waals surface area contributed by atoms with E-state index in [1.807, 2.05) is 19.1 Å². The molecule has 4 fully saturated rings. The van der Waals surface area contributed by atoms with Crippen molar-refractivity contribution in [1.82, 2.24) is 30.4 Å². The summed E-state index contributed by atoms with van der Waals surface area (Å²) in [4.78, 5) is 13.8. The maximum absolute atomic E-state index is 16.9. The lowest BCUT2D eigenvalue weighted by atomic mass is 9.91. The van der Waals surface area contributed by atoms with Gasteiger partial charge >= 0.3 is 6.01 Å². The lowest BCUT2D eigenvalue weighted by molar-refractivity contribution is 0.107. The Labute approximate surface area is 241 Å². The average Bonchev–Trinajstić information content (AvgIpc) is 3.75. The lowest BCUT2D eigenvalue weighted by Crippen LogP contribution is -2.51. The van der Waals surface area contributed by atoms with Crippen molar-refractivity contribution in [3.63, 3.8) is 0 Å². The first-order valence-electron chi connectivity index (χ1n) is 14.8. The molecule has 2 bridgehead atoms. The zero-order chi connectivity index (χ0) is 28.6. The molecule has 42 heavy (non-hydrogen) atoms. The monoisotopic (exact) mass is 570 g/mol. The van der Waals surface area contributed by atoms with Crippen LogP contribution in [0, 0.1) is 24.1 Å². The standard InChI is InChI=1S/C31H32F2N8O/c1-17-3-6-24-23(12-35-39-24)25(17)26-18(11-34)9-22-28(27(26)33)37-30(38-29(22)40-14-20-4-5-21(15-40)36-20)42-16-31-7-2-8-41(31)13-19(32)10-31/h3,6,9,12,19-21,36H,2,4-5,7-8,10,13-16H2,1H3,(H,35,39)/t19-,20?,21?,31+/m1/s1. The molecule has 4 saturated heterocycles. The Morgan fingerprint density at radius 3 is 2.79 bits per heavy atom. The Balaban J connectivity index is 1.29. The molecule has 4 aliphatic heterocycles. The number of hydrogen-bond acceptors (Lipinski definition) is 8. The molecular formula is C31H32F2N8O. The molecule has 11 heteroatoms. The number of nitrogens with zero attached hydrogens (tertiary/aromatic N) is 6. The fourth-order valence-electron chi connectivity index (χ4n) is 7.90. The fourth-order valence-corrected chi connectivity index (χ4v) is 7.90. The number of piperazine rings is 1. The molecule has 8 rings (SSSR count). The van der Waals surface area contributed by atoms with Gasteiger partial charge in [0.15, 0.2) is 5.82 Å². The molecule has 216 valence electrons. The van der Waals surface area contributed by atoms with Gasteiger partial charge in [-0.15, -0.1) is 0 Å². The van der Waals surface area contributed by atoms with Crippen molar-refractivity contribution < 1.29 is 13.5 Å². The molecule has 0 radical (unpaired) electrons. The van der Waals surface area contributed by atoms with Gasteiger partial charge in [0.25, 0.3) is 0 Å². The quantitative estimate of drug-likeness (QED) is 0.364. The van der Waals surface area contributed by atoms with E-state index in [0.29, 0.717) is 41.8 Å². The fraction of sp³-hybridized carbons (Fsp3) is 0.484. The SMILES string of the molecule is Cc1ccc2[nH]ncc2c1-c1c(C#N)cc2c(N3CC4CCC(C3)N4)nc(OC[C@@]34CCCN3C[C@H](F)C4)nc2c1F. The number of benzene rings is 2. The van der Waals surface area contributed by atoms with E-state index in [0.717, 1.165) is 61.8 Å². The van der Waals surface area contributed by atoms with Crippen LogP contribution in [0.25, 0.3) is 32.9 Å². The summed E-state index contributed by atoms with van der Waals surface area (Å²) >= 11 is 0. The van der Waals surface area contributed by atoms with Crippen molar-refractivity contribution in [2.45, 2.75) is 62.8 Å². The van der Waals surface area contributed by atoms with Gasteiger partial charge in [0.05, 0.1) is 28.9 Å². The molecule has 9 nitrogen and oxygen atoms in total. The van der Waals surface area contributed by atoms with E-state index in [9.17, 15) is 9.65 Å². The van der Waals surface area contributed by atoms with Crippen LogP contribution in [0.1, 0.15) is 43.2 Å². The highest BCUT2D eigenvalue weighted by molar-refractivity contribution is 6.02. The van der Waals surface area contributed by atoms with Gasteiger partial charge in [-0.3, -0.25) is 10.00 Å². The third kappa shape index (κ3) is 3.96. The number of nitrogens with one attached hydrogen (secondary N) is 2. The predicted octanol–water partition coefficient (Wildman–Crippen LogP) is 4.39. The second-order valence-corrected chi connectivity index (χ2v) is 12.4. The van der Waals surface area contributed by atoms with Crippen LogP contribution in [0.3, 0.4) is 0 Å². The lowest BCUT2D eigenvalue weighted by Gasteiger charge is -2.34. The Bertz CT molecular complexity index is 1760. The van der Waals surface area contributed by atoms with E-state index in [2.05, 4.69) is 36.4 Å². The zero-order valence-electron chi connectivity index (χ0n) is 23.5. The third-order valence-corrected chi connectivity index (χ3v) is 9.84. The normalized spacial score (nSPS) is 27.2. The van der Waals surface area contributed by atoms with Crippen molar-refractivity contribution >= 4 is 27.6 Å². The van der Waals surface area contributed by atoms with E-state index >= 15 is 4.39 Å². The van der Waals surface area contributed by atoms with E-state index < -0.39 is 12.0 Å². The number of rotatable bonds is 5. The van der Waals surface area contributed by atoms with Crippen molar-refractivity contribution in [2.24, 2.45) is 0 Å². The van der Waals surface area contributed by atoms with Gasteiger partial charge in [0.1, 0.15) is 24.1 Å². The number of halogens is 2. The van der Waals surface area contributed by atoms with Crippen molar-refractivity contribution in [3.8, 4) is 23.2 Å². The second kappa shape index (κ2) is 9.57. The molecule has 0 amide bonds. The summed E-state index contributed by atoms with van der Waals surface area (Å²) in [6, 6.07) is 8.49. The highest BCUT2D eigenvalue weighted by Gasteiger charge is 2.49. The second-order valence-electron chi connectivity index (χ2n) is 12.4. The van der Waals surface area contributed by atoms with Crippen LogP contribution in [0.5, 0.6) is 6.01 Å². The van der Waals surface area contributed by atoms with Crippen molar-refractivity contribution in [2.75, 3.05) is 37.7 Å². The minimum atomic E-state index is -0.878. The third-order valence-electron chi connectivity index (χ3n) is 9.84. The van der Waals surface area contributed by atoms with Gasteiger partial charge in [-0.25, -0.2) is 8.78 Å². The van der Waals surface area contributed by atoms with E-state index in [-0.39, 0.29) is 34.8 Å². The number of aromatic nitrogens is 4. The maximum atomic E-state index is 16.9. The molecular weight excluding hydrogens is 538 g/mol. The summed E-state index contributed by atoms with van der Waals surface area (Å²) in [7, 11) is 0. The summed E-state index contributed by atoms with van der Waals surface area (Å²) in [6.07, 6.45) is 5.21.